The minimum absolute atomic E-state index is 0.0110. The molecule has 24 heavy (non-hydrogen) atoms. The lowest BCUT2D eigenvalue weighted by molar-refractivity contribution is -0.120. The zero-order valence-electron chi connectivity index (χ0n) is 13.3. The van der Waals surface area contributed by atoms with E-state index in [-0.39, 0.29) is 11.8 Å². The summed E-state index contributed by atoms with van der Waals surface area (Å²) in [5.41, 5.74) is 2.30. The van der Waals surface area contributed by atoms with E-state index in [0.717, 1.165) is 11.5 Å². The van der Waals surface area contributed by atoms with E-state index >= 15 is 0 Å². The van der Waals surface area contributed by atoms with E-state index in [4.69, 9.17) is 0 Å². The number of hydrogen-bond acceptors (Lipinski definition) is 8. The van der Waals surface area contributed by atoms with E-state index in [1.54, 1.807) is 4.68 Å². The summed E-state index contributed by atoms with van der Waals surface area (Å²) in [6, 6.07) is 0. The van der Waals surface area contributed by atoms with Gasteiger partial charge >= 0.3 is 0 Å². The van der Waals surface area contributed by atoms with Crippen LogP contribution in [0.15, 0.2) is 11.7 Å². The monoisotopic (exact) mass is 344 g/mol. The molecule has 4 heterocycles. The number of carbonyl (C=O) groups is 1. The Kier molecular flexibility index (Phi) is 3.60. The van der Waals surface area contributed by atoms with E-state index < -0.39 is 0 Å². The number of nitrogens with zero attached hydrogens (tertiary/aromatic N) is 7. The number of thiazole rings is 1. The Labute approximate surface area is 141 Å². The van der Waals surface area contributed by atoms with Crippen molar-refractivity contribution in [3.63, 3.8) is 0 Å². The van der Waals surface area contributed by atoms with Crippen molar-refractivity contribution in [1.29, 1.82) is 0 Å². The molecular weight excluding hydrogens is 328 g/mol. The number of aromatic nitrogens is 6. The Morgan fingerprint density at radius 2 is 2.25 bits per heavy atom. The third kappa shape index (κ3) is 2.48. The van der Waals surface area contributed by atoms with Gasteiger partial charge in [-0.05, 0) is 13.8 Å². The fraction of sp³-hybridized carbons (Fsp3) is 0.429. The molecule has 10 heteroatoms. The third-order valence-corrected chi connectivity index (χ3v) is 4.86. The van der Waals surface area contributed by atoms with E-state index in [1.807, 2.05) is 24.1 Å². The number of anilines is 2. The highest BCUT2D eigenvalue weighted by Gasteiger charge is 2.35. The number of rotatable bonds is 4. The van der Waals surface area contributed by atoms with Crippen LogP contribution in [0, 0.1) is 12.8 Å². The van der Waals surface area contributed by atoms with Crippen LogP contribution in [0.25, 0.3) is 11.2 Å². The number of aryl methyl sites for hydroxylation is 2. The van der Waals surface area contributed by atoms with Crippen molar-refractivity contribution in [3.05, 3.63) is 17.4 Å². The van der Waals surface area contributed by atoms with Crippen LogP contribution < -0.4 is 10.2 Å². The van der Waals surface area contributed by atoms with E-state index in [0.29, 0.717) is 35.9 Å². The van der Waals surface area contributed by atoms with Crippen molar-refractivity contribution in [2.75, 3.05) is 23.3 Å². The highest BCUT2D eigenvalue weighted by molar-refractivity contribution is 7.13. The van der Waals surface area contributed by atoms with Gasteiger partial charge in [0.25, 0.3) is 0 Å². The first-order valence-electron chi connectivity index (χ1n) is 7.68. The standard InChI is InChI=1S/C14H16N8OS/c1-3-22-12-10(19-20-22)11(15-7-16-12)21-4-9(5-21)13(23)18-14-17-8(2)6-24-14/h6-7,9H,3-5H2,1-2H3,(H,17,18,23). The first-order chi connectivity index (χ1) is 11.7. The van der Waals surface area contributed by atoms with Crippen molar-refractivity contribution in [2.24, 2.45) is 5.92 Å². The maximum Gasteiger partial charge on any atom is 0.232 e. The van der Waals surface area contributed by atoms with Gasteiger partial charge in [0.15, 0.2) is 22.1 Å². The Bertz CT molecular complexity index is 897. The topological polar surface area (TPSA) is 102 Å². The summed E-state index contributed by atoms with van der Waals surface area (Å²) in [5.74, 6) is 0.636. The predicted molar refractivity (Wildman–Crippen MR) is 90.0 cm³/mol. The second-order valence-electron chi connectivity index (χ2n) is 5.66. The fourth-order valence-corrected chi connectivity index (χ4v) is 3.35. The molecule has 3 aromatic heterocycles. The van der Waals surface area contributed by atoms with Crippen molar-refractivity contribution in [2.45, 2.75) is 20.4 Å². The van der Waals surface area contributed by atoms with Gasteiger partial charge in [0.2, 0.25) is 5.91 Å². The van der Waals surface area contributed by atoms with Gasteiger partial charge in [0.1, 0.15) is 6.33 Å². The Hall–Kier alpha value is -2.62. The van der Waals surface area contributed by atoms with Crippen LogP contribution in [-0.2, 0) is 11.3 Å². The smallest absolute Gasteiger partial charge is 0.232 e. The van der Waals surface area contributed by atoms with Crippen LogP contribution in [0.2, 0.25) is 0 Å². The molecule has 9 nitrogen and oxygen atoms in total. The van der Waals surface area contributed by atoms with E-state index in [1.165, 1.54) is 17.7 Å². The molecule has 0 atom stereocenters. The van der Waals surface area contributed by atoms with Crippen molar-refractivity contribution < 1.29 is 4.79 Å². The quantitative estimate of drug-likeness (QED) is 0.755. The summed E-state index contributed by atoms with van der Waals surface area (Å²) in [4.78, 5) is 27.1. The molecule has 0 bridgehead atoms. The molecule has 1 saturated heterocycles. The lowest BCUT2D eigenvalue weighted by Gasteiger charge is -2.38. The molecule has 1 fully saturated rings. The molecule has 4 rings (SSSR count). The van der Waals surface area contributed by atoms with E-state index in [2.05, 4.69) is 30.6 Å². The molecule has 1 amide bonds. The van der Waals surface area contributed by atoms with Gasteiger partial charge in [-0.3, -0.25) is 4.79 Å². The summed E-state index contributed by atoms with van der Waals surface area (Å²) >= 11 is 1.44. The summed E-state index contributed by atoms with van der Waals surface area (Å²) in [6.45, 7) is 5.79. The molecule has 0 unspecified atom stereocenters. The highest BCUT2D eigenvalue weighted by atomic mass is 32.1. The molecule has 0 aromatic carbocycles. The number of amides is 1. The lowest BCUT2D eigenvalue weighted by Crippen LogP contribution is -2.52. The average molecular weight is 344 g/mol. The minimum Gasteiger partial charge on any atom is -0.353 e. The van der Waals surface area contributed by atoms with Crippen LogP contribution in [0.1, 0.15) is 12.6 Å². The minimum atomic E-state index is -0.0829. The molecule has 0 spiro atoms. The molecule has 1 N–H and O–H groups in total. The van der Waals surface area contributed by atoms with Crippen LogP contribution in [0.3, 0.4) is 0 Å². The summed E-state index contributed by atoms with van der Waals surface area (Å²) in [6.07, 6.45) is 1.51. The molecule has 1 aliphatic rings. The normalized spacial score (nSPS) is 14.8. The van der Waals surface area contributed by atoms with Gasteiger partial charge in [-0.15, -0.1) is 16.4 Å². The van der Waals surface area contributed by atoms with Crippen LogP contribution >= 0.6 is 11.3 Å². The number of nitrogens with one attached hydrogen (secondary N) is 1. The summed E-state index contributed by atoms with van der Waals surface area (Å²) in [7, 11) is 0. The highest BCUT2D eigenvalue weighted by Crippen LogP contribution is 2.28. The Morgan fingerprint density at radius 1 is 1.42 bits per heavy atom. The van der Waals surface area contributed by atoms with E-state index in [9.17, 15) is 4.79 Å². The van der Waals surface area contributed by atoms with Gasteiger partial charge in [-0.2, -0.15) is 0 Å². The van der Waals surface area contributed by atoms with Crippen molar-refractivity contribution in [1.82, 2.24) is 29.9 Å². The zero-order valence-corrected chi connectivity index (χ0v) is 14.1. The van der Waals surface area contributed by atoms with Crippen molar-refractivity contribution in [3.8, 4) is 0 Å². The van der Waals surface area contributed by atoms with Gasteiger partial charge in [0.05, 0.1) is 11.6 Å². The van der Waals surface area contributed by atoms with Gasteiger partial charge in [-0.1, -0.05) is 5.21 Å². The Morgan fingerprint density at radius 3 is 2.96 bits per heavy atom. The first-order valence-corrected chi connectivity index (χ1v) is 8.55. The zero-order chi connectivity index (χ0) is 16.7. The molecular formula is C14H16N8OS. The number of fused-ring (bicyclic) bond motifs is 1. The fourth-order valence-electron chi connectivity index (χ4n) is 2.66. The van der Waals surface area contributed by atoms with Crippen LogP contribution in [0.4, 0.5) is 10.9 Å². The van der Waals surface area contributed by atoms with Crippen molar-refractivity contribution >= 4 is 39.4 Å². The second-order valence-corrected chi connectivity index (χ2v) is 6.52. The molecule has 124 valence electrons. The lowest BCUT2D eigenvalue weighted by atomic mass is 9.99. The molecule has 0 saturated carbocycles. The molecule has 3 aromatic rings. The van der Waals surface area contributed by atoms with Gasteiger partial charge in [-0.25, -0.2) is 19.6 Å². The Balaban J connectivity index is 1.46. The number of hydrogen-bond donors (Lipinski definition) is 1. The third-order valence-electron chi connectivity index (χ3n) is 3.98. The molecule has 0 radical (unpaired) electrons. The van der Waals surface area contributed by atoms with Gasteiger partial charge in [0, 0.05) is 25.0 Å². The first kappa shape index (κ1) is 14.9. The largest absolute Gasteiger partial charge is 0.353 e. The maximum absolute atomic E-state index is 12.3. The number of carbonyl (C=O) groups excluding carboxylic acids is 1. The second kappa shape index (κ2) is 5.78. The summed E-state index contributed by atoms with van der Waals surface area (Å²) in [5, 5.41) is 13.7. The SMILES string of the molecule is CCn1nnc2c(N3CC(C(=O)Nc4nc(C)cs4)C3)ncnc21. The predicted octanol–water partition coefficient (Wildman–Crippen LogP) is 1.08. The van der Waals surface area contributed by atoms with Crippen LogP contribution in [0.5, 0.6) is 0 Å². The van der Waals surface area contributed by atoms with Gasteiger partial charge < -0.3 is 10.2 Å². The summed E-state index contributed by atoms with van der Waals surface area (Å²) < 4.78 is 1.73. The van der Waals surface area contributed by atoms with Crippen LogP contribution in [-0.4, -0.2) is 48.9 Å². The maximum atomic E-state index is 12.3. The average Bonchev–Trinajstić information content (AvgIpc) is 3.12. The molecule has 0 aliphatic carbocycles. The molecule has 1 aliphatic heterocycles.